The number of halogens is 1. The highest BCUT2D eigenvalue weighted by atomic mass is 32.2. The van der Waals surface area contributed by atoms with Crippen LogP contribution in [0, 0.1) is 5.82 Å². The highest BCUT2D eigenvalue weighted by Gasteiger charge is 2.44. The standard InChI is InChI=1S/C14H14FNO2S2/c15-12-5-3-11(4-6-12)14(7-8-14)10-16-20(17,18)13-2-1-9-19-13/h1-6,9,16H,7-8,10H2. The summed E-state index contributed by atoms with van der Waals surface area (Å²) in [4.78, 5) is 0. The summed E-state index contributed by atoms with van der Waals surface area (Å²) in [5.41, 5.74) is 0.825. The molecule has 1 aromatic carbocycles. The highest BCUT2D eigenvalue weighted by molar-refractivity contribution is 7.91. The minimum atomic E-state index is -3.43. The summed E-state index contributed by atoms with van der Waals surface area (Å²) in [6.07, 6.45) is 1.84. The molecule has 1 aliphatic rings. The van der Waals surface area contributed by atoms with E-state index in [0.29, 0.717) is 10.8 Å². The van der Waals surface area contributed by atoms with Crippen molar-refractivity contribution < 1.29 is 12.8 Å². The van der Waals surface area contributed by atoms with Gasteiger partial charge in [-0.15, -0.1) is 11.3 Å². The zero-order valence-electron chi connectivity index (χ0n) is 10.7. The first-order valence-corrected chi connectivity index (χ1v) is 8.67. The Hall–Kier alpha value is -1.24. The van der Waals surface area contributed by atoms with E-state index in [0.717, 1.165) is 18.4 Å². The van der Waals surface area contributed by atoms with E-state index in [4.69, 9.17) is 0 Å². The molecule has 0 bridgehead atoms. The van der Waals surface area contributed by atoms with E-state index < -0.39 is 10.0 Å². The Morgan fingerprint density at radius 1 is 1.20 bits per heavy atom. The van der Waals surface area contributed by atoms with Gasteiger partial charge in [0, 0.05) is 12.0 Å². The second-order valence-electron chi connectivity index (χ2n) is 5.04. The predicted octanol–water partition coefficient (Wildman–Crippen LogP) is 2.90. The molecule has 1 fully saturated rings. The maximum Gasteiger partial charge on any atom is 0.250 e. The van der Waals surface area contributed by atoms with Crippen molar-refractivity contribution in [1.29, 1.82) is 0 Å². The van der Waals surface area contributed by atoms with Crippen molar-refractivity contribution in [3.8, 4) is 0 Å². The molecule has 1 saturated carbocycles. The van der Waals surface area contributed by atoms with Gasteiger partial charge < -0.3 is 0 Å². The van der Waals surface area contributed by atoms with Crippen molar-refractivity contribution in [1.82, 2.24) is 4.72 Å². The Balaban J connectivity index is 1.74. The van der Waals surface area contributed by atoms with E-state index in [9.17, 15) is 12.8 Å². The Labute approximate surface area is 121 Å². The van der Waals surface area contributed by atoms with Gasteiger partial charge in [0.2, 0.25) is 10.0 Å². The molecule has 3 rings (SSSR count). The number of hydrogen-bond donors (Lipinski definition) is 1. The second kappa shape index (κ2) is 4.95. The lowest BCUT2D eigenvalue weighted by Gasteiger charge is -2.16. The maximum atomic E-state index is 12.9. The zero-order valence-corrected chi connectivity index (χ0v) is 12.3. The fourth-order valence-corrected chi connectivity index (χ4v) is 4.41. The third-order valence-corrected chi connectivity index (χ3v) is 6.47. The first-order valence-electron chi connectivity index (χ1n) is 6.31. The molecule has 6 heteroatoms. The van der Waals surface area contributed by atoms with Gasteiger partial charge in [0.15, 0.2) is 0 Å². The molecule has 0 radical (unpaired) electrons. The molecule has 3 nitrogen and oxygen atoms in total. The minimum Gasteiger partial charge on any atom is -0.210 e. The van der Waals surface area contributed by atoms with Crippen LogP contribution in [0.25, 0.3) is 0 Å². The van der Waals surface area contributed by atoms with Crippen LogP contribution in [0.2, 0.25) is 0 Å². The summed E-state index contributed by atoms with van der Waals surface area (Å²) < 4.78 is 40.1. The average molecular weight is 311 g/mol. The predicted molar refractivity (Wildman–Crippen MR) is 76.8 cm³/mol. The SMILES string of the molecule is O=S(=O)(NCC1(c2ccc(F)cc2)CC1)c1cccs1. The lowest BCUT2D eigenvalue weighted by molar-refractivity contribution is 0.568. The maximum absolute atomic E-state index is 12.9. The number of benzene rings is 1. The van der Waals surface area contributed by atoms with E-state index in [-0.39, 0.29) is 11.2 Å². The molecule has 106 valence electrons. The van der Waals surface area contributed by atoms with Crippen LogP contribution in [0.5, 0.6) is 0 Å². The third-order valence-electron chi connectivity index (χ3n) is 3.67. The van der Waals surface area contributed by atoms with Gasteiger partial charge in [0.25, 0.3) is 0 Å². The molecule has 0 unspecified atom stereocenters. The molecule has 0 atom stereocenters. The first kappa shape index (κ1) is 13.7. The summed E-state index contributed by atoms with van der Waals surface area (Å²) in [6.45, 7) is 0.360. The van der Waals surface area contributed by atoms with Gasteiger partial charge in [-0.3, -0.25) is 0 Å². The van der Waals surface area contributed by atoms with Crippen LogP contribution >= 0.6 is 11.3 Å². The molecule has 0 amide bonds. The topological polar surface area (TPSA) is 46.2 Å². The van der Waals surface area contributed by atoms with Crippen LogP contribution in [-0.4, -0.2) is 15.0 Å². The summed E-state index contributed by atoms with van der Waals surface area (Å²) in [5.74, 6) is -0.274. The Bertz CT molecular complexity index is 689. The molecule has 0 spiro atoms. The van der Waals surface area contributed by atoms with Gasteiger partial charge in [-0.05, 0) is 42.0 Å². The van der Waals surface area contributed by atoms with Gasteiger partial charge >= 0.3 is 0 Å². The number of sulfonamides is 1. The minimum absolute atomic E-state index is 0.169. The lowest BCUT2D eigenvalue weighted by Crippen LogP contribution is -2.31. The molecular weight excluding hydrogens is 297 g/mol. The molecule has 1 aromatic heterocycles. The van der Waals surface area contributed by atoms with Crippen molar-refractivity contribution >= 4 is 21.4 Å². The summed E-state index contributed by atoms with van der Waals surface area (Å²) in [6, 6.07) is 9.62. The molecule has 1 N–H and O–H groups in total. The van der Waals surface area contributed by atoms with E-state index in [1.165, 1.54) is 23.5 Å². The van der Waals surface area contributed by atoms with Gasteiger partial charge in [0.05, 0.1) is 0 Å². The Morgan fingerprint density at radius 3 is 2.45 bits per heavy atom. The van der Waals surface area contributed by atoms with Crippen LogP contribution in [0.4, 0.5) is 4.39 Å². The number of nitrogens with one attached hydrogen (secondary N) is 1. The van der Waals surface area contributed by atoms with Crippen LogP contribution < -0.4 is 4.72 Å². The van der Waals surface area contributed by atoms with E-state index in [1.54, 1.807) is 29.6 Å². The molecule has 20 heavy (non-hydrogen) atoms. The number of hydrogen-bond acceptors (Lipinski definition) is 3. The summed E-state index contributed by atoms with van der Waals surface area (Å²) in [7, 11) is -3.43. The van der Waals surface area contributed by atoms with Crippen LogP contribution in [0.3, 0.4) is 0 Å². The van der Waals surface area contributed by atoms with E-state index in [2.05, 4.69) is 4.72 Å². The van der Waals surface area contributed by atoms with Crippen molar-refractivity contribution in [3.05, 3.63) is 53.2 Å². The molecule has 0 aliphatic heterocycles. The van der Waals surface area contributed by atoms with Crippen molar-refractivity contribution in [2.24, 2.45) is 0 Å². The Kier molecular flexibility index (Phi) is 3.40. The number of rotatable bonds is 5. The second-order valence-corrected chi connectivity index (χ2v) is 7.99. The molecule has 1 aliphatic carbocycles. The van der Waals surface area contributed by atoms with Gasteiger partial charge in [-0.25, -0.2) is 17.5 Å². The third kappa shape index (κ3) is 2.63. The molecule has 1 heterocycles. The van der Waals surface area contributed by atoms with Gasteiger partial charge in [-0.1, -0.05) is 18.2 Å². The first-order chi connectivity index (χ1) is 9.52. The van der Waals surface area contributed by atoms with E-state index in [1.807, 2.05) is 0 Å². The van der Waals surface area contributed by atoms with Crippen molar-refractivity contribution in [3.63, 3.8) is 0 Å². The fraction of sp³-hybridized carbons (Fsp3) is 0.286. The normalized spacial score (nSPS) is 17.1. The van der Waals surface area contributed by atoms with Crippen LogP contribution in [-0.2, 0) is 15.4 Å². The van der Waals surface area contributed by atoms with Gasteiger partial charge in [0.1, 0.15) is 10.0 Å². The Morgan fingerprint density at radius 2 is 1.90 bits per heavy atom. The van der Waals surface area contributed by atoms with Crippen molar-refractivity contribution in [2.75, 3.05) is 6.54 Å². The van der Waals surface area contributed by atoms with Crippen molar-refractivity contribution in [2.45, 2.75) is 22.5 Å². The smallest absolute Gasteiger partial charge is 0.210 e. The van der Waals surface area contributed by atoms with Crippen LogP contribution in [0.1, 0.15) is 18.4 Å². The highest BCUT2D eigenvalue weighted by Crippen LogP contribution is 2.47. The molecule has 0 saturated heterocycles. The monoisotopic (exact) mass is 311 g/mol. The quantitative estimate of drug-likeness (QED) is 0.923. The summed E-state index contributed by atoms with van der Waals surface area (Å²) in [5, 5.41) is 1.74. The fourth-order valence-electron chi connectivity index (χ4n) is 2.24. The van der Waals surface area contributed by atoms with E-state index >= 15 is 0 Å². The van der Waals surface area contributed by atoms with Crippen LogP contribution in [0.15, 0.2) is 46.0 Å². The largest absolute Gasteiger partial charge is 0.250 e. The average Bonchev–Trinajstić information content (AvgIpc) is 3.00. The van der Waals surface area contributed by atoms with Gasteiger partial charge in [-0.2, -0.15) is 0 Å². The number of thiophene rings is 1. The zero-order chi connectivity index (χ0) is 14.2. The molecular formula is C14H14FNO2S2. The lowest BCUT2D eigenvalue weighted by atomic mass is 9.96. The summed E-state index contributed by atoms with van der Waals surface area (Å²) >= 11 is 1.20. The molecule has 2 aromatic rings.